The van der Waals surface area contributed by atoms with Gasteiger partial charge in [-0.15, -0.1) is 0 Å². The molecule has 1 aliphatic heterocycles. The number of carbonyl (C=O) groups is 2. The van der Waals surface area contributed by atoms with E-state index in [4.69, 9.17) is 32.7 Å². The van der Waals surface area contributed by atoms with Crippen molar-refractivity contribution in [1.82, 2.24) is 5.32 Å². The fourth-order valence-electron chi connectivity index (χ4n) is 2.27. The van der Waals surface area contributed by atoms with E-state index in [2.05, 4.69) is 5.32 Å². The highest BCUT2D eigenvalue weighted by atomic mass is 35.5. The number of aliphatic carboxylic acids is 1. The van der Waals surface area contributed by atoms with Gasteiger partial charge in [-0.3, -0.25) is 4.79 Å². The van der Waals surface area contributed by atoms with Gasteiger partial charge in [-0.1, -0.05) is 29.3 Å². The minimum absolute atomic E-state index is 0.202. The summed E-state index contributed by atoms with van der Waals surface area (Å²) in [6, 6.07) is 4.83. The normalized spacial score (nSPS) is 18.0. The lowest BCUT2D eigenvalue weighted by Gasteiger charge is -2.34. The monoisotopic (exact) mass is 361 g/mol. The first kappa shape index (κ1) is 17.8. The predicted molar refractivity (Wildman–Crippen MR) is 85.1 cm³/mol. The molecule has 1 saturated heterocycles. The number of hydrogen-bond donors (Lipinski definition) is 2. The fourth-order valence-corrected chi connectivity index (χ4v) is 2.61. The quantitative estimate of drug-likeness (QED) is 0.841. The molecule has 23 heavy (non-hydrogen) atoms. The zero-order valence-electron chi connectivity index (χ0n) is 12.5. The van der Waals surface area contributed by atoms with Crippen molar-refractivity contribution >= 4 is 35.1 Å². The van der Waals surface area contributed by atoms with Crippen molar-refractivity contribution < 1.29 is 24.2 Å². The molecule has 0 radical (unpaired) electrons. The van der Waals surface area contributed by atoms with Gasteiger partial charge < -0.3 is 19.9 Å². The molecule has 1 aliphatic rings. The van der Waals surface area contributed by atoms with Gasteiger partial charge in [0.1, 0.15) is 16.3 Å². The zero-order chi connectivity index (χ0) is 17.0. The van der Waals surface area contributed by atoms with E-state index in [1.54, 1.807) is 18.2 Å². The summed E-state index contributed by atoms with van der Waals surface area (Å²) in [5.41, 5.74) is -1.33. The van der Waals surface area contributed by atoms with Crippen molar-refractivity contribution in [2.75, 3.05) is 13.2 Å². The number of amides is 1. The summed E-state index contributed by atoms with van der Waals surface area (Å²) in [5.74, 6) is -1.36. The van der Waals surface area contributed by atoms with Crippen molar-refractivity contribution in [2.24, 2.45) is 0 Å². The lowest BCUT2D eigenvalue weighted by molar-refractivity contribution is -0.153. The summed E-state index contributed by atoms with van der Waals surface area (Å²) >= 11 is 11.9. The Kier molecular flexibility index (Phi) is 5.73. The summed E-state index contributed by atoms with van der Waals surface area (Å²) in [4.78, 5) is 23.8. The third kappa shape index (κ3) is 4.07. The van der Waals surface area contributed by atoms with E-state index in [1.807, 2.05) is 0 Å². The van der Waals surface area contributed by atoms with E-state index < -0.39 is 23.5 Å². The van der Waals surface area contributed by atoms with E-state index in [-0.39, 0.29) is 36.8 Å². The molecular weight excluding hydrogens is 345 g/mol. The van der Waals surface area contributed by atoms with Crippen molar-refractivity contribution in [2.45, 2.75) is 31.4 Å². The molecule has 0 aromatic heterocycles. The van der Waals surface area contributed by atoms with Gasteiger partial charge in [0, 0.05) is 26.1 Å². The fraction of sp³-hybridized carbons (Fsp3) is 0.467. The van der Waals surface area contributed by atoms with Gasteiger partial charge >= 0.3 is 5.97 Å². The maximum absolute atomic E-state index is 12.3. The van der Waals surface area contributed by atoms with Crippen LogP contribution >= 0.6 is 23.2 Å². The van der Waals surface area contributed by atoms with Gasteiger partial charge in [-0.05, 0) is 19.1 Å². The van der Waals surface area contributed by atoms with Crippen molar-refractivity contribution in [3.05, 3.63) is 28.2 Å². The van der Waals surface area contributed by atoms with E-state index >= 15 is 0 Å². The summed E-state index contributed by atoms with van der Waals surface area (Å²) < 4.78 is 10.7. The predicted octanol–water partition coefficient (Wildman–Crippen LogP) is 2.51. The maximum atomic E-state index is 12.3. The molecule has 1 unspecified atom stereocenters. The molecule has 0 saturated carbocycles. The molecule has 0 spiro atoms. The molecule has 0 bridgehead atoms. The number of halogens is 2. The second kappa shape index (κ2) is 7.38. The van der Waals surface area contributed by atoms with Crippen LogP contribution in [0, 0.1) is 0 Å². The van der Waals surface area contributed by atoms with Crippen molar-refractivity contribution in [3.63, 3.8) is 0 Å². The Morgan fingerprint density at radius 3 is 2.61 bits per heavy atom. The average Bonchev–Trinajstić information content (AvgIpc) is 2.52. The minimum atomic E-state index is -1.33. The summed E-state index contributed by atoms with van der Waals surface area (Å²) in [5, 5.41) is 12.5. The van der Waals surface area contributed by atoms with Crippen LogP contribution in [0.2, 0.25) is 10.0 Å². The molecule has 1 aromatic rings. The lowest BCUT2D eigenvalue weighted by Crippen LogP contribution is -2.59. The van der Waals surface area contributed by atoms with Gasteiger partial charge in [-0.2, -0.15) is 0 Å². The van der Waals surface area contributed by atoms with Gasteiger partial charge in [0.05, 0.1) is 5.02 Å². The second-order valence-electron chi connectivity index (χ2n) is 5.30. The highest BCUT2D eigenvalue weighted by Crippen LogP contribution is 2.32. The van der Waals surface area contributed by atoms with Crippen LogP contribution in [0.15, 0.2) is 18.2 Å². The number of carboxylic acids is 1. The Balaban J connectivity index is 2.07. The van der Waals surface area contributed by atoms with Crippen LogP contribution in [0.4, 0.5) is 0 Å². The highest BCUT2D eigenvalue weighted by Gasteiger charge is 2.42. The Morgan fingerprint density at radius 1 is 1.35 bits per heavy atom. The molecule has 2 rings (SSSR count). The molecule has 6 nitrogen and oxygen atoms in total. The average molecular weight is 362 g/mol. The number of carbonyl (C=O) groups excluding carboxylic acids is 1. The Labute approximate surface area is 143 Å². The smallest absolute Gasteiger partial charge is 0.329 e. The van der Waals surface area contributed by atoms with Crippen molar-refractivity contribution in [3.8, 4) is 5.75 Å². The maximum Gasteiger partial charge on any atom is 0.329 e. The summed E-state index contributed by atoms with van der Waals surface area (Å²) in [7, 11) is 0. The molecular formula is C15H17Cl2NO5. The zero-order valence-corrected chi connectivity index (χ0v) is 14.0. The Morgan fingerprint density at radius 2 is 2.00 bits per heavy atom. The lowest BCUT2D eigenvalue weighted by atomic mass is 9.90. The van der Waals surface area contributed by atoms with Crippen LogP contribution in [0.25, 0.3) is 0 Å². The van der Waals surface area contributed by atoms with E-state index in [9.17, 15) is 14.7 Å². The largest absolute Gasteiger partial charge is 0.480 e. The van der Waals surface area contributed by atoms with Crippen molar-refractivity contribution in [1.29, 1.82) is 0 Å². The van der Waals surface area contributed by atoms with E-state index in [1.165, 1.54) is 6.92 Å². The Hall–Kier alpha value is -1.50. The number of hydrogen-bond acceptors (Lipinski definition) is 4. The molecule has 126 valence electrons. The molecule has 1 aromatic carbocycles. The molecule has 1 fully saturated rings. The van der Waals surface area contributed by atoms with Crippen LogP contribution in [-0.2, 0) is 14.3 Å². The molecule has 1 heterocycles. The minimum Gasteiger partial charge on any atom is -0.480 e. The van der Waals surface area contributed by atoms with Gasteiger partial charge in [0.15, 0.2) is 6.10 Å². The molecule has 1 amide bonds. The summed E-state index contributed by atoms with van der Waals surface area (Å²) in [6.45, 7) is 2.07. The topological polar surface area (TPSA) is 84.9 Å². The van der Waals surface area contributed by atoms with E-state index in [0.717, 1.165) is 0 Å². The van der Waals surface area contributed by atoms with Crippen LogP contribution in [0.5, 0.6) is 5.75 Å². The van der Waals surface area contributed by atoms with Crippen LogP contribution in [-0.4, -0.2) is 41.8 Å². The first-order valence-corrected chi connectivity index (χ1v) is 7.85. The van der Waals surface area contributed by atoms with Gasteiger partial charge in [-0.25, -0.2) is 4.79 Å². The first-order valence-electron chi connectivity index (χ1n) is 7.09. The number of ether oxygens (including phenoxy) is 2. The van der Waals surface area contributed by atoms with E-state index in [0.29, 0.717) is 5.02 Å². The van der Waals surface area contributed by atoms with Crippen LogP contribution < -0.4 is 10.1 Å². The molecule has 8 heteroatoms. The number of carboxylic acid groups (broad SMARTS) is 1. The van der Waals surface area contributed by atoms with Gasteiger partial charge in [0.2, 0.25) is 0 Å². The van der Waals surface area contributed by atoms with Crippen LogP contribution in [0.3, 0.4) is 0 Å². The number of rotatable bonds is 5. The highest BCUT2D eigenvalue weighted by molar-refractivity contribution is 6.42. The summed E-state index contributed by atoms with van der Waals surface area (Å²) in [6.07, 6.45) is -0.512. The van der Waals surface area contributed by atoms with Crippen LogP contribution in [0.1, 0.15) is 19.8 Å². The van der Waals surface area contributed by atoms with Gasteiger partial charge in [0.25, 0.3) is 5.91 Å². The molecule has 1 atom stereocenters. The Bertz CT molecular complexity index is 602. The molecule has 0 aliphatic carbocycles. The number of benzene rings is 1. The third-order valence-electron chi connectivity index (χ3n) is 3.71. The second-order valence-corrected chi connectivity index (χ2v) is 6.09. The molecule has 2 N–H and O–H groups in total. The SMILES string of the molecule is CC(Oc1cccc(Cl)c1Cl)C(=O)NC1(C(=O)O)CCOCC1. The third-order valence-corrected chi connectivity index (χ3v) is 4.51. The number of nitrogens with one attached hydrogen (secondary N) is 1. The standard InChI is InChI=1S/C15H17Cl2NO5/c1-9(23-11-4-2-3-10(16)12(11)17)13(19)18-15(14(20)21)5-7-22-8-6-15/h2-4,9H,5-8H2,1H3,(H,18,19)(H,20,21). The first-order chi connectivity index (χ1) is 10.9.